The molecule has 6 heteroatoms. The number of hydrogen-bond acceptors (Lipinski definition) is 3. The molecule has 1 saturated heterocycles. The van der Waals surface area contributed by atoms with E-state index in [9.17, 15) is 9.59 Å². The quantitative estimate of drug-likeness (QED) is 0.876. The minimum atomic E-state index is 0. The molecule has 144 valence electrons. The van der Waals surface area contributed by atoms with Crippen LogP contribution in [-0.4, -0.2) is 47.8 Å². The molecule has 1 fully saturated rings. The Balaban J connectivity index is 0.00000261. The van der Waals surface area contributed by atoms with Crippen molar-refractivity contribution in [1.82, 2.24) is 9.80 Å². The summed E-state index contributed by atoms with van der Waals surface area (Å²) in [4.78, 5) is 28.7. The van der Waals surface area contributed by atoms with E-state index in [0.717, 1.165) is 11.1 Å². The van der Waals surface area contributed by atoms with E-state index in [-0.39, 0.29) is 24.2 Å². The van der Waals surface area contributed by atoms with E-state index in [1.807, 2.05) is 65.3 Å². The van der Waals surface area contributed by atoms with Gasteiger partial charge in [0.25, 0.3) is 5.91 Å². The third-order valence-corrected chi connectivity index (χ3v) is 4.83. The van der Waals surface area contributed by atoms with Crippen LogP contribution in [0.1, 0.15) is 27.0 Å². The van der Waals surface area contributed by atoms with Gasteiger partial charge in [-0.05, 0) is 30.2 Å². The number of carbonyl (C=O) groups is 2. The number of halogens is 1. The molecule has 2 aromatic carbocycles. The summed E-state index contributed by atoms with van der Waals surface area (Å²) >= 11 is 0. The Labute approximate surface area is 166 Å². The van der Waals surface area contributed by atoms with Gasteiger partial charge in [-0.3, -0.25) is 9.59 Å². The van der Waals surface area contributed by atoms with Gasteiger partial charge in [-0.15, -0.1) is 12.4 Å². The van der Waals surface area contributed by atoms with Gasteiger partial charge in [0.15, 0.2) is 0 Å². The van der Waals surface area contributed by atoms with Gasteiger partial charge in [-0.25, -0.2) is 0 Å². The van der Waals surface area contributed by atoms with Gasteiger partial charge in [0.2, 0.25) is 5.91 Å². The fourth-order valence-corrected chi connectivity index (χ4v) is 3.12. The third-order valence-electron chi connectivity index (χ3n) is 4.83. The predicted octanol–water partition coefficient (Wildman–Crippen LogP) is 2.40. The summed E-state index contributed by atoms with van der Waals surface area (Å²) in [5.41, 5.74) is 9.48. The van der Waals surface area contributed by atoms with Crippen LogP contribution in [0.25, 0.3) is 0 Å². The topological polar surface area (TPSA) is 66.6 Å². The Morgan fingerprint density at radius 1 is 0.852 bits per heavy atom. The zero-order valence-electron chi connectivity index (χ0n) is 15.6. The maximum absolute atomic E-state index is 12.6. The van der Waals surface area contributed by atoms with Crippen molar-refractivity contribution in [3.63, 3.8) is 0 Å². The molecule has 0 atom stereocenters. The molecule has 2 amide bonds. The highest BCUT2D eigenvalue weighted by Crippen LogP contribution is 2.12. The van der Waals surface area contributed by atoms with Gasteiger partial charge in [-0.2, -0.15) is 0 Å². The number of carbonyl (C=O) groups excluding carboxylic acids is 2. The number of hydrogen-bond donors (Lipinski definition) is 1. The third kappa shape index (κ3) is 5.31. The molecule has 0 aliphatic carbocycles. The molecule has 0 unspecified atom stereocenters. The molecular weight excluding hydrogens is 362 g/mol. The van der Waals surface area contributed by atoms with Crippen molar-refractivity contribution in [3.8, 4) is 0 Å². The van der Waals surface area contributed by atoms with Crippen LogP contribution in [0.3, 0.4) is 0 Å². The molecule has 1 heterocycles. The summed E-state index contributed by atoms with van der Waals surface area (Å²) in [6.07, 6.45) is 0.411. The van der Waals surface area contributed by atoms with Crippen LogP contribution in [0.15, 0.2) is 48.5 Å². The molecule has 0 radical (unpaired) electrons. The first-order chi connectivity index (χ1) is 12.6. The standard InChI is InChI=1S/C21H25N3O2.ClH/c1-16-2-4-17(5-3-16)14-20(25)23-10-12-24(13-11-23)21(26)19-8-6-18(15-22)7-9-19;/h2-9H,10-15,22H2,1H3;1H. The van der Waals surface area contributed by atoms with Crippen LogP contribution in [0.4, 0.5) is 0 Å². The van der Waals surface area contributed by atoms with Gasteiger partial charge in [0.1, 0.15) is 0 Å². The van der Waals surface area contributed by atoms with Crippen molar-refractivity contribution in [1.29, 1.82) is 0 Å². The van der Waals surface area contributed by atoms with Crippen LogP contribution < -0.4 is 5.73 Å². The molecule has 2 N–H and O–H groups in total. The van der Waals surface area contributed by atoms with Crippen molar-refractivity contribution in [3.05, 3.63) is 70.8 Å². The van der Waals surface area contributed by atoms with Crippen LogP contribution in [0.2, 0.25) is 0 Å². The van der Waals surface area contributed by atoms with Gasteiger partial charge in [-0.1, -0.05) is 42.0 Å². The highest BCUT2D eigenvalue weighted by atomic mass is 35.5. The lowest BCUT2D eigenvalue weighted by Gasteiger charge is -2.35. The molecule has 0 saturated carbocycles. The largest absolute Gasteiger partial charge is 0.339 e. The van der Waals surface area contributed by atoms with Crippen molar-refractivity contribution >= 4 is 24.2 Å². The number of amides is 2. The molecule has 2 aromatic rings. The lowest BCUT2D eigenvalue weighted by Crippen LogP contribution is -2.51. The van der Waals surface area contributed by atoms with Crippen molar-refractivity contribution in [2.75, 3.05) is 26.2 Å². The first-order valence-electron chi connectivity index (χ1n) is 8.98. The maximum atomic E-state index is 12.6. The van der Waals surface area contributed by atoms with Crippen molar-refractivity contribution in [2.24, 2.45) is 5.73 Å². The molecule has 1 aliphatic heterocycles. The Hall–Kier alpha value is -2.37. The number of rotatable bonds is 4. The first kappa shape index (κ1) is 20.9. The number of nitrogens with zero attached hydrogens (tertiary/aromatic N) is 2. The van der Waals surface area contributed by atoms with Gasteiger partial charge >= 0.3 is 0 Å². The maximum Gasteiger partial charge on any atom is 0.253 e. The average molecular weight is 388 g/mol. The van der Waals surface area contributed by atoms with Crippen LogP contribution in [0, 0.1) is 6.92 Å². The van der Waals surface area contributed by atoms with Gasteiger partial charge in [0, 0.05) is 38.3 Å². The summed E-state index contributed by atoms with van der Waals surface area (Å²) < 4.78 is 0. The minimum Gasteiger partial charge on any atom is -0.339 e. The fraction of sp³-hybridized carbons (Fsp3) is 0.333. The zero-order valence-corrected chi connectivity index (χ0v) is 16.4. The Morgan fingerprint density at radius 3 is 1.93 bits per heavy atom. The second kappa shape index (κ2) is 9.53. The average Bonchev–Trinajstić information content (AvgIpc) is 2.69. The normalized spacial score (nSPS) is 13.9. The zero-order chi connectivity index (χ0) is 18.5. The van der Waals surface area contributed by atoms with Crippen LogP contribution >= 0.6 is 12.4 Å². The number of nitrogens with two attached hydrogens (primary N) is 1. The molecule has 27 heavy (non-hydrogen) atoms. The number of piperazine rings is 1. The van der Waals surface area contributed by atoms with E-state index in [4.69, 9.17) is 5.73 Å². The van der Waals surface area contributed by atoms with Crippen LogP contribution in [0.5, 0.6) is 0 Å². The van der Waals surface area contributed by atoms with E-state index in [1.165, 1.54) is 5.56 Å². The smallest absolute Gasteiger partial charge is 0.253 e. The van der Waals surface area contributed by atoms with Crippen molar-refractivity contribution in [2.45, 2.75) is 19.9 Å². The van der Waals surface area contributed by atoms with E-state index in [1.54, 1.807) is 0 Å². The summed E-state index contributed by atoms with van der Waals surface area (Å²) in [5, 5.41) is 0. The predicted molar refractivity (Wildman–Crippen MR) is 109 cm³/mol. The molecule has 5 nitrogen and oxygen atoms in total. The minimum absolute atomic E-state index is 0. The Kier molecular flexibility index (Phi) is 7.39. The van der Waals surface area contributed by atoms with E-state index in [2.05, 4.69) is 0 Å². The highest BCUT2D eigenvalue weighted by molar-refractivity contribution is 5.94. The number of benzene rings is 2. The van der Waals surface area contributed by atoms with Crippen molar-refractivity contribution < 1.29 is 9.59 Å². The fourth-order valence-electron chi connectivity index (χ4n) is 3.12. The molecule has 1 aliphatic rings. The second-order valence-electron chi connectivity index (χ2n) is 6.74. The van der Waals surface area contributed by atoms with Gasteiger partial charge < -0.3 is 15.5 Å². The second-order valence-corrected chi connectivity index (χ2v) is 6.74. The molecule has 0 aromatic heterocycles. The van der Waals surface area contributed by atoms with E-state index >= 15 is 0 Å². The highest BCUT2D eigenvalue weighted by Gasteiger charge is 2.24. The summed E-state index contributed by atoms with van der Waals surface area (Å²) in [6, 6.07) is 15.4. The Morgan fingerprint density at radius 2 is 1.37 bits per heavy atom. The summed E-state index contributed by atoms with van der Waals surface area (Å²) in [7, 11) is 0. The van der Waals surface area contributed by atoms with Gasteiger partial charge in [0.05, 0.1) is 6.42 Å². The lowest BCUT2D eigenvalue weighted by molar-refractivity contribution is -0.131. The molecule has 3 rings (SSSR count). The molecule has 0 bridgehead atoms. The lowest BCUT2D eigenvalue weighted by atomic mass is 10.1. The van der Waals surface area contributed by atoms with E-state index in [0.29, 0.717) is 44.7 Å². The summed E-state index contributed by atoms with van der Waals surface area (Å²) in [6.45, 7) is 4.80. The Bertz CT molecular complexity index is 767. The van der Waals surface area contributed by atoms with E-state index < -0.39 is 0 Å². The monoisotopic (exact) mass is 387 g/mol. The summed E-state index contributed by atoms with van der Waals surface area (Å²) in [5.74, 6) is 0.132. The number of aryl methyl sites for hydroxylation is 1. The first-order valence-corrected chi connectivity index (χ1v) is 8.98. The van der Waals surface area contributed by atoms with Crippen LogP contribution in [-0.2, 0) is 17.8 Å². The molecule has 0 spiro atoms. The molecular formula is C21H26ClN3O2. The SMILES string of the molecule is Cc1ccc(CC(=O)N2CCN(C(=O)c3ccc(CN)cc3)CC2)cc1.Cl.